The van der Waals surface area contributed by atoms with Gasteiger partial charge in [-0.15, -0.1) is 0 Å². The van der Waals surface area contributed by atoms with Gasteiger partial charge in [0.15, 0.2) is 6.10 Å². The molecule has 0 radical (unpaired) electrons. The molecule has 0 fully saturated rings. The molecule has 0 saturated heterocycles. The van der Waals surface area contributed by atoms with E-state index in [1.165, 1.54) is 18.2 Å². The first kappa shape index (κ1) is 22.0. The Kier molecular flexibility index (Phi) is 6.25. The molecule has 1 aliphatic heterocycles. The van der Waals surface area contributed by atoms with Crippen LogP contribution in [0.25, 0.3) is 0 Å². The van der Waals surface area contributed by atoms with Crippen molar-refractivity contribution in [3.63, 3.8) is 0 Å². The van der Waals surface area contributed by atoms with Gasteiger partial charge in [0.05, 0.1) is 29.4 Å². The lowest BCUT2D eigenvalue weighted by molar-refractivity contribution is -0.122. The number of ether oxygens (including phenoxy) is 2. The number of fused-ring (bicyclic) bond motifs is 1. The number of amides is 1. The third-order valence-electron chi connectivity index (χ3n) is 4.86. The van der Waals surface area contributed by atoms with Gasteiger partial charge in [0.2, 0.25) is 0 Å². The van der Waals surface area contributed by atoms with Crippen LogP contribution in [0, 0.1) is 0 Å². The number of hydrogen-bond donors (Lipinski definition) is 1. The SMILES string of the molecule is CCOc1ccccc1NC(=O)[C@H]1CN(S(=O)(=O)c2ccccc2)c2cc(Cl)ccc2O1. The Morgan fingerprint density at radius 2 is 1.84 bits per heavy atom. The number of benzene rings is 3. The van der Waals surface area contributed by atoms with Gasteiger partial charge in [-0.25, -0.2) is 8.42 Å². The maximum absolute atomic E-state index is 13.4. The van der Waals surface area contributed by atoms with Crippen LogP contribution in [0.1, 0.15) is 6.92 Å². The zero-order valence-corrected chi connectivity index (χ0v) is 18.8. The van der Waals surface area contributed by atoms with Crippen molar-refractivity contribution in [3.8, 4) is 11.5 Å². The van der Waals surface area contributed by atoms with Crippen LogP contribution in [0.15, 0.2) is 77.7 Å². The van der Waals surface area contributed by atoms with Crippen molar-refractivity contribution in [1.82, 2.24) is 0 Å². The van der Waals surface area contributed by atoms with Crippen molar-refractivity contribution in [2.24, 2.45) is 0 Å². The zero-order valence-electron chi connectivity index (χ0n) is 17.2. The molecule has 9 heteroatoms. The average Bonchev–Trinajstić information content (AvgIpc) is 2.80. The summed E-state index contributed by atoms with van der Waals surface area (Å²) >= 11 is 6.12. The number of hydrogen-bond acceptors (Lipinski definition) is 5. The van der Waals surface area contributed by atoms with Gasteiger partial charge < -0.3 is 14.8 Å². The molecule has 0 aromatic heterocycles. The lowest BCUT2D eigenvalue weighted by Gasteiger charge is -2.35. The van der Waals surface area contributed by atoms with Gasteiger partial charge in [0, 0.05) is 5.02 Å². The van der Waals surface area contributed by atoms with Crippen LogP contribution in [0.4, 0.5) is 11.4 Å². The Labute approximate surface area is 191 Å². The minimum absolute atomic E-state index is 0.105. The molecule has 0 aliphatic carbocycles. The summed E-state index contributed by atoms with van der Waals surface area (Å²) in [5.41, 5.74) is 0.752. The van der Waals surface area contributed by atoms with E-state index in [0.717, 1.165) is 4.31 Å². The molecular formula is C23H21ClN2O5S. The molecule has 32 heavy (non-hydrogen) atoms. The van der Waals surface area contributed by atoms with Crippen LogP contribution in [-0.2, 0) is 14.8 Å². The van der Waals surface area contributed by atoms with Crippen LogP contribution in [0.5, 0.6) is 11.5 Å². The molecule has 1 amide bonds. The topological polar surface area (TPSA) is 84.9 Å². The normalized spacial score (nSPS) is 15.4. The third kappa shape index (κ3) is 4.37. The Bertz CT molecular complexity index is 1230. The summed E-state index contributed by atoms with van der Waals surface area (Å²) in [5.74, 6) is 0.268. The summed E-state index contributed by atoms with van der Waals surface area (Å²) in [7, 11) is -3.96. The van der Waals surface area contributed by atoms with E-state index >= 15 is 0 Å². The van der Waals surface area contributed by atoms with Crippen LogP contribution >= 0.6 is 11.6 Å². The second-order valence-corrected chi connectivity index (χ2v) is 9.28. The van der Waals surface area contributed by atoms with Gasteiger partial charge in [-0.3, -0.25) is 9.10 Å². The lowest BCUT2D eigenvalue weighted by Crippen LogP contribution is -2.48. The lowest BCUT2D eigenvalue weighted by atomic mass is 10.2. The molecule has 1 N–H and O–H groups in total. The summed E-state index contributed by atoms with van der Waals surface area (Å²) in [6, 6.07) is 19.7. The Balaban J connectivity index is 1.68. The molecule has 1 atom stereocenters. The molecule has 0 bridgehead atoms. The maximum Gasteiger partial charge on any atom is 0.267 e. The molecule has 1 heterocycles. The minimum Gasteiger partial charge on any atom is -0.492 e. The van der Waals surface area contributed by atoms with Crippen LogP contribution < -0.4 is 19.1 Å². The fraction of sp³-hybridized carbons (Fsp3) is 0.174. The Morgan fingerprint density at radius 1 is 1.12 bits per heavy atom. The van der Waals surface area contributed by atoms with Crippen molar-refractivity contribution >= 4 is 38.9 Å². The van der Waals surface area contributed by atoms with E-state index in [9.17, 15) is 13.2 Å². The molecule has 3 aromatic carbocycles. The number of carbonyl (C=O) groups excluding carboxylic acids is 1. The molecular weight excluding hydrogens is 452 g/mol. The van der Waals surface area contributed by atoms with Crippen molar-refractivity contribution in [1.29, 1.82) is 0 Å². The second-order valence-electron chi connectivity index (χ2n) is 6.99. The van der Waals surface area contributed by atoms with Crippen molar-refractivity contribution in [2.75, 3.05) is 22.8 Å². The first-order valence-corrected chi connectivity index (χ1v) is 11.8. The average molecular weight is 473 g/mol. The van der Waals surface area contributed by atoms with Gasteiger partial charge in [-0.2, -0.15) is 0 Å². The molecule has 4 rings (SSSR count). The highest BCUT2D eigenvalue weighted by Gasteiger charge is 2.38. The van der Waals surface area contributed by atoms with Gasteiger partial charge >= 0.3 is 0 Å². The molecule has 166 valence electrons. The third-order valence-corrected chi connectivity index (χ3v) is 6.89. The first-order chi connectivity index (χ1) is 15.4. The van der Waals surface area contributed by atoms with Gasteiger partial charge in [0.25, 0.3) is 15.9 Å². The van der Waals surface area contributed by atoms with Crippen molar-refractivity contribution in [2.45, 2.75) is 17.9 Å². The van der Waals surface area contributed by atoms with Crippen molar-refractivity contribution < 1.29 is 22.7 Å². The van der Waals surface area contributed by atoms with E-state index in [2.05, 4.69) is 5.32 Å². The summed E-state index contributed by atoms with van der Waals surface area (Å²) < 4.78 is 39.4. The number of anilines is 2. The van der Waals surface area contributed by atoms with E-state index in [1.807, 2.05) is 6.92 Å². The Hall–Kier alpha value is -3.23. The molecule has 7 nitrogen and oxygen atoms in total. The standard InChI is InChI=1S/C23H21ClN2O5S/c1-2-30-20-11-7-6-10-18(20)25-23(27)22-15-26(19-14-16(24)12-13-21(19)31-22)32(28,29)17-8-4-3-5-9-17/h3-14,22H,2,15H2,1H3,(H,25,27)/t22-/m1/s1. The fourth-order valence-electron chi connectivity index (χ4n) is 3.37. The number of sulfonamides is 1. The number of para-hydroxylation sites is 2. The molecule has 3 aromatic rings. The molecule has 0 saturated carbocycles. The fourth-order valence-corrected chi connectivity index (χ4v) is 5.03. The molecule has 0 unspecified atom stereocenters. The van der Waals surface area contributed by atoms with E-state index in [-0.39, 0.29) is 22.9 Å². The largest absolute Gasteiger partial charge is 0.492 e. The zero-order chi connectivity index (χ0) is 22.7. The Morgan fingerprint density at radius 3 is 2.59 bits per heavy atom. The monoisotopic (exact) mass is 472 g/mol. The summed E-state index contributed by atoms with van der Waals surface area (Å²) in [5, 5.41) is 3.14. The van der Waals surface area contributed by atoms with E-state index in [1.54, 1.807) is 54.6 Å². The number of nitrogens with one attached hydrogen (secondary N) is 1. The summed E-state index contributed by atoms with van der Waals surface area (Å²) in [6.45, 7) is 2.06. The minimum atomic E-state index is -3.96. The van der Waals surface area contributed by atoms with E-state index < -0.39 is 22.0 Å². The number of carbonyl (C=O) groups is 1. The first-order valence-electron chi connectivity index (χ1n) is 9.97. The van der Waals surface area contributed by atoms with E-state index in [4.69, 9.17) is 21.1 Å². The summed E-state index contributed by atoms with van der Waals surface area (Å²) in [6.07, 6.45) is -1.09. The van der Waals surface area contributed by atoms with Crippen LogP contribution in [0.2, 0.25) is 5.02 Å². The highest BCUT2D eigenvalue weighted by atomic mass is 35.5. The number of halogens is 1. The van der Waals surface area contributed by atoms with Gasteiger partial charge in [-0.1, -0.05) is 41.9 Å². The van der Waals surface area contributed by atoms with Crippen molar-refractivity contribution in [3.05, 3.63) is 77.8 Å². The number of rotatable bonds is 6. The highest BCUT2D eigenvalue weighted by Crippen LogP contribution is 2.39. The number of nitrogens with zero attached hydrogens (tertiary/aromatic N) is 1. The van der Waals surface area contributed by atoms with E-state index in [0.29, 0.717) is 23.1 Å². The van der Waals surface area contributed by atoms with Gasteiger partial charge in [0.1, 0.15) is 11.5 Å². The predicted molar refractivity (Wildman–Crippen MR) is 123 cm³/mol. The second kappa shape index (κ2) is 9.10. The maximum atomic E-state index is 13.4. The smallest absolute Gasteiger partial charge is 0.267 e. The van der Waals surface area contributed by atoms with Gasteiger partial charge in [-0.05, 0) is 49.4 Å². The quantitative estimate of drug-likeness (QED) is 0.577. The van der Waals surface area contributed by atoms with Crippen LogP contribution in [0.3, 0.4) is 0 Å². The molecule has 0 spiro atoms. The highest BCUT2D eigenvalue weighted by molar-refractivity contribution is 7.92. The van der Waals surface area contributed by atoms with Crippen LogP contribution in [-0.4, -0.2) is 33.6 Å². The summed E-state index contributed by atoms with van der Waals surface area (Å²) in [4.78, 5) is 13.2. The predicted octanol–water partition coefficient (Wildman–Crippen LogP) is 4.33. The molecule has 1 aliphatic rings.